The van der Waals surface area contributed by atoms with E-state index in [2.05, 4.69) is 28.6 Å². The first-order valence-corrected chi connectivity index (χ1v) is 13.5. The van der Waals surface area contributed by atoms with Gasteiger partial charge in [0, 0.05) is 5.56 Å². The quantitative estimate of drug-likeness (QED) is 0.215. The molecular formula is C30H42F2N2O7. The van der Waals surface area contributed by atoms with Crippen LogP contribution >= 0.6 is 0 Å². The smallest absolute Gasteiger partial charge is 0.335 e. The lowest BCUT2D eigenvalue weighted by Gasteiger charge is -2.16. The van der Waals surface area contributed by atoms with Gasteiger partial charge in [-0.25, -0.2) is 18.4 Å². The second kappa shape index (κ2) is 21.9. The number of aromatic carboxylic acids is 1. The molecule has 1 amide bonds. The summed E-state index contributed by atoms with van der Waals surface area (Å²) in [5.74, 6) is -3.39. The number of nitrogens with two attached hydrogens (primary N) is 1. The Kier molecular flexibility index (Phi) is 19.8. The third-order valence-electron chi connectivity index (χ3n) is 5.67. The van der Waals surface area contributed by atoms with E-state index in [4.69, 9.17) is 10.8 Å². The molecule has 0 radical (unpaired) electrons. The minimum Gasteiger partial charge on any atom is -0.478 e. The number of halogens is 2. The van der Waals surface area contributed by atoms with E-state index >= 15 is 0 Å². The average molecular weight is 581 g/mol. The van der Waals surface area contributed by atoms with Gasteiger partial charge in [0.1, 0.15) is 23.7 Å². The van der Waals surface area contributed by atoms with E-state index in [1.807, 2.05) is 0 Å². The number of carbonyl (C=O) groups excluding carboxylic acids is 3. The molecule has 2 rings (SSSR count). The van der Waals surface area contributed by atoms with Crippen molar-refractivity contribution in [3.05, 3.63) is 71.3 Å². The van der Waals surface area contributed by atoms with Crippen LogP contribution in [0.4, 0.5) is 8.78 Å². The monoisotopic (exact) mass is 580 g/mol. The van der Waals surface area contributed by atoms with E-state index in [1.54, 1.807) is 0 Å². The van der Waals surface area contributed by atoms with Gasteiger partial charge in [-0.1, -0.05) is 64.5 Å². The van der Waals surface area contributed by atoms with Gasteiger partial charge in [-0.15, -0.1) is 0 Å². The van der Waals surface area contributed by atoms with Crippen molar-refractivity contribution in [1.82, 2.24) is 5.32 Å². The molecular weight excluding hydrogens is 538 g/mol. The molecule has 4 N–H and O–H groups in total. The standard InChI is InChI=1S/C15H20FNO3.C8H17NO2.C7H5FO2/c1-3-4-5-9-13(15(19)20-2)17-14(18)11-7-6-8-12(16)10-11;1-3-4-5-6-7(9)8(10)11-2;8-6-3-1-2-5(4-6)7(9)10/h6-8,10,13H,3-5,9H2,1-2H3,(H,17,18);7H,3-6,9H2,1-2H3;1-4H,(H,9,10)/t13-;7-;/m00./s1. The van der Waals surface area contributed by atoms with Gasteiger partial charge in [0.05, 0.1) is 19.8 Å². The van der Waals surface area contributed by atoms with Crippen LogP contribution in [-0.2, 0) is 19.1 Å². The zero-order valence-corrected chi connectivity index (χ0v) is 24.2. The number of methoxy groups -OCH3 is 2. The van der Waals surface area contributed by atoms with Crippen molar-refractivity contribution in [2.45, 2.75) is 77.3 Å². The van der Waals surface area contributed by atoms with Gasteiger partial charge >= 0.3 is 17.9 Å². The molecule has 2 aromatic rings. The van der Waals surface area contributed by atoms with E-state index in [0.717, 1.165) is 57.1 Å². The molecule has 0 aromatic heterocycles. The number of carboxylic acids is 1. The topological polar surface area (TPSA) is 145 Å². The number of rotatable bonds is 13. The second-order valence-corrected chi connectivity index (χ2v) is 9.00. The highest BCUT2D eigenvalue weighted by atomic mass is 19.1. The molecule has 0 saturated carbocycles. The normalized spacial score (nSPS) is 11.4. The van der Waals surface area contributed by atoms with Crippen LogP contribution in [0.25, 0.3) is 0 Å². The summed E-state index contributed by atoms with van der Waals surface area (Å²) in [6.45, 7) is 4.17. The highest BCUT2D eigenvalue weighted by Crippen LogP contribution is 2.08. The molecule has 41 heavy (non-hydrogen) atoms. The number of nitrogens with one attached hydrogen (secondary N) is 1. The molecule has 0 aliphatic carbocycles. The van der Waals surface area contributed by atoms with Gasteiger partial charge in [0.15, 0.2) is 0 Å². The maximum Gasteiger partial charge on any atom is 0.335 e. The van der Waals surface area contributed by atoms with E-state index in [-0.39, 0.29) is 17.1 Å². The Morgan fingerprint density at radius 2 is 1.29 bits per heavy atom. The summed E-state index contributed by atoms with van der Waals surface area (Å²) in [7, 11) is 2.64. The van der Waals surface area contributed by atoms with Crippen LogP contribution in [0.2, 0.25) is 0 Å². The number of unbranched alkanes of at least 4 members (excludes halogenated alkanes) is 4. The van der Waals surface area contributed by atoms with E-state index in [1.165, 1.54) is 50.6 Å². The van der Waals surface area contributed by atoms with Crippen molar-refractivity contribution in [2.75, 3.05) is 14.2 Å². The van der Waals surface area contributed by atoms with Crippen LogP contribution in [0.3, 0.4) is 0 Å². The Bertz CT molecular complexity index is 1080. The summed E-state index contributed by atoms with van der Waals surface area (Å²) >= 11 is 0. The van der Waals surface area contributed by atoms with E-state index in [0.29, 0.717) is 6.42 Å². The molecule has 0 heterocycles. The molecule has 9 nitrogen and oxygen atoms in total. The Hall–Kier alpha value is -3.86. The first-order valence-electron chi connectivity index (χ1n) is 13.5. The van der Waals surface area contributed by atoms with Crippen molar-refractivity contribution < 1.29 is 42.5 Å². The Balaban J connectivity index is 0.000000643. The van der Waals surface area contributed by atoms with Crippen LogP contribution in [0, 0.1) is 11.6 Å². The van der Waals surface area contributed by atoms with Crippen molar-refractivity contribution in [3.63, 3.8) is 0 Å². The number of benzene rings is 2. The summed E-state index contributed by atoms with van der Waals surface area (Å²) in [4.78, 5) is 44.5. The van der Waals surface area contributed by atoms with Gasteiger partial charge in [-0.2, -0.15) is 0 Å². The molecule has 0 aliphatic heterocycles. The van der Waals surface area contributed by atoms with Crippen molar-refractivity contribution in [1.29, 1.82) is 0 Å². The Morgan fingerprint density at radius 1 is 0.805 bits per heavy atom. The molecule has 11 heteroatoms. The van der Waals surface area contributed by atoms with E-state index in [9.17, 15) is 28.0 Å². The van der Waals surface area contributed by atoms with Gasteiger partial charge < -0.3 is 25.6 Å². The van der Waals surface area contributed by atoms with Crippen molar-refractivity contribution in [3.8, 4) is 0 Å². The maximum absolute atomic E-state index is 13.1. The minimum atomic E-state index is -1.11. The second-order valence-electron chi connectivity index (χ2n) is 9.00. The molecule has 0 spiro atoms. The Labute approximate surface area is 240 Å². The predicted octanol–water partition coefficient (Wildman–Crippen LogP) is 5.27. The number of esters is 2. The number of carboxylic acid groups (broad SMARTS) is 1. The summed E-state index contributed by atoms with van der Waals surface area (Å²) in [5.41, 5.74) is 5.66. The van der Waals surface area contributed by atoms with Crippen LogP contribution in [0.15, 0.2) is 48.5 Å². The summed E-state index contributed by atoms with van der Waals surface area (Å²) < 4.78 is 34.5. The average Bonchev–Trinajstić information content (AvgIpc) is 2.96. The van der Waals surface area contributed by atoms with Crippen LogP contribution < -0.4 is 11.1 Å². The number of amides is 1. The number of carbonyl (C=O) groups is 4. The summed E-state index contributed by atoms with van der Waals surface area (Å²) in [6, 6.07) is 9.10. The predicted molar refractivity (Wildman–Crippen MR) is 151 cm³/mol. The Morgan fingerprint density at radius 3 is 1.73 bits per heavy atom. The third kappa shape index (κ3) is 16.8. The maximum atomic E-state index is 13.1. The van der Waals surface area contributed by atoms with Crippen LogP contribution in [0.5, 0.6) is 0 Å². The lowest BCUT2D eigenvalue weighted by Crippen LogP contribution is -2.41. The van der Waals surface area contributed by atoms with E-state index < -0.39 is 41.6 Å². The van der Waals surface area contributed by atoms with Crippen LogP contribution in [0.1, 0.15) is 85.9 Å². The lowest BCUT2D eigenvalue weighted by atomic mass is 10.1. The number of hydrogen-bond donors (Lipinski definition) is 3. The molecule has 0 aliphatic rings. The molecule has 228 valence electrons. The van der Waals surface area contributed by atoms with Gasteiger partial charge in [-0.3, -0.25) is 9.59 Å². The van der Waals surface area contributed by atoms with Crippen molar-refractivity contribution in [2.24, 2.45) is 5.73 Å². The first kappa shape index (κ1) is 37.1. The lowest BCUT2D eigenvalue weighted by molar-refractivity contribution is -0.143. The fourth-order valence-corrected chi connectivity index (χ4v) is 3.37. The fraction of sp³-hybridized carbons (Fsp3) is 0.467. The fourth-order valence-electron chi connectivity index (χ4n) is 3.37. The molecule has 2 aromatic carbocycles. The minimum absolute atomic E-state index is 0.0278. The highest BCUT2D eigenvalue weighted by Gasteiger charge is 2.21. The number of ether oxygens (including phenoxy) is 2. The van der Waals surface area contributed by atoms with Gasteiger partial charge in [-0.05, 0) is 49.2 Å². The van der Waals surface area contributed by atoms with Gasteiger partial charge in [0.2, 0.25) is 0 Å². The largest absolute Gasteiger partial charge is 0.478 e. The zero-order valence-electron chi connectivity index (χ0n) is 24.2. The molecule has 0 saturated heterocycles. The van der Waals surface area contributed by atoms with Crippen LogP contribution in [-0.4, -0.2) is 55.2 Å². The number of hydrogen-bond acceptors (Lipinski definition) is 7. The summed E-state index contributed by atoms with van der Waals surface area (Å²) in [6.07, 6.45) is 7.35. The summed E-state index contributed by atoms with van der Waals surface area (Å²) in [5, 5.41) is 10.9. The van der Waals surface area contributed by atoms with Crippen molar-refractivity contribution >= 4 is 23.8 Å². The molecule has 0 unspecified atom stereocenters. The third-order valence-corrected chi connectivity index (χ3v) is 5.67. The zero-order chi connectivity index (χ0) is 31.2. The first-order chi connectivity index (χ1) is 19.5. The molecule has 0 fully saturated rings. The highest BCUT2D eigenvalue weighted by molar-refractivity contribution is 5.96. The SMILES string of the molecule is CCCCC[C@H](N)C(=O)OC.CCCCC[C@H](NC(=O)c1cccc(F)c1)C(=O)OC.O=C(O)c1cccc(F)c1. The van der Waals surface area contributed by atoms with Gasteiger partial charge in [0.25, 0.3) is 5.91 Å². The molecule has 2 atom stereocenters. The molecule has 0 bridgehead atoms.